The van der Waals surface area contributed by atoms with Gasteiger partial charge in [0, 0.05) is 29.7 Å². The van der Waals surface area contributed by atoms with E-state index in [0.717, 1.165) is 29.8 Å². The van der Waals surface area contributed by atoms with Crippen molar-refractivity contribution < 1.29 is 0 Å². The Labute approximate surface area is 123 Å². The molecule has 2 aromatic rings. The number of rotatable bonds is 5. The van der Waals surface area contributed by atoms with Crippen LogP contribution in [-0.4, -0.2) is 16.3 Å². The minimum absolute atomic E-state index is 0.0636. The molecule has 0 aliphatic rings. The molecule has 4 nitrogen and oxygen atoms in total. The van der Waals surface area contributed by atoms with E-state index in [1.165, 1.54) is 4.68 Å². The summed E-state index contributed by atoms with van der Waals surface area (Å²) in [6, 6.07) is 9.28. The second-order valence-electron chi connectivity index (χ2n) is 4.67. The van der Waals surface area contributed by atoms with Crippen molar-refractivity contribution in [2.24, 2.45) is 7.05 Å². The van der Waals surface area contributed by atoms with Gasteiger partial charge in [-0.2, -0.15) is 5.10 Å². The van der Waals surface area contributed by atoms with Gasteiger partial charge in [-0.1, -0.05) is 30.7 Å². The fourth-order valence-electron chi connectivity index (χ4n) is 1.96. The van der Waals surface area contributed by atoms with E-state index in [1.54, 1.807) is 7.05 Å². The summed E-state index contributed by atoms with van der Waals surface area (Å²) in [5, 5.41) is 8.22. The Bertz CT molecular complexity index is 635. The standard InChI is InChI=1S/C15H18ClN3O/c1-3-8-17-10-12-9-14(18-19(2)15(12)20)11-4-6-13(16)7-5-11/h4-7,9,17H,3,8,10H2,1-2H3. The largest absolute Gasteiger partial charge is 0.312 e. The molecule has 0 aliphatic carbocycles. The van der Waals surface area contributed by atoms with Gasteiger partial charge in [-0.3, -0.25) is 4.79 Å². The van der Waals surface area contributed by atoms with E-state index in [0.29, 0.717) is 11.6 Å². The van der Waals surface area contributed by atoms with Crippen LogP contribution in [0, 0.1) is 0 Å². The predicted molar refractivity (Wildman–Crippen MR) is 81.9 cm³/mol. The highest BCUT2D eigenvalue weighted by Gasteiger charge is 2.07. The molecular formula is C15H18ClN3O. The number of nitrogens with zero attached hydrogens (tertiary/aromatic N) is 2. The molecule has 0 bridgehead atoms. The fourth-order valence-corrected chi connectivity index (χ4v) is 2.08. The van der Waals surface area contributed by atoms with E-state index in [2.05, 4.69) is 17.3 Å². The topological polar surface area (TPSA) is 46.9 Å². The second kappa shape index (κ2) is 6.68. The number of halogens is 1. The van der Waals surface area contributed by atoms with E-state index in [-0.39, 0.29) is 5.56 Å². The molecule has 0 radical (unpaired) electrons. The van der Waals surface area contributed by atoms with Crippen molar-refractivity contribution in [3.63, 3.8) is 0 Å². The van der Waals surface area contributed by atoms with Crippen LogP contribution in [0.1, 0.15) is 18.9 Å². The van der Waals surface area contributed by atoms with Crippen LogP contribution in [0.25, 0.3) is 11.3 Å². The Balaban J connectivity index is 2.35. The molecule has 1 aromatic carbocycles. The van der Waals surface area contributed by atoms with Gasteiger partial charge in [0.25, 0.3) is 5.56 Å². The number of hydrogen-bond acceptors (Lipinski definition) is 3. The minimum atomic E-state index is -0.0636. The smallest absolute Gasteiger partial charge is 0.271 e. The molecule has 0 spiro atoms. The molecule has 1 aromatic heterocycles. The van der Waals surface area contributed by atoms with Crippen LogP contribution in [0.4, 0.5) is 0 Å². The summed E-state index contributed by atoms with van der Waals surface area (Å²) in [4.78, 5) is 12.0. The Kier molecular flexibility index (Phi) is 4.93. The van der Waals surface area contributed by atoms with Gasteiger partial charge < -0.3 is 5.32 Å². The van der Waals surface area contributed by atoms with Crippen molar-refractivity contribution in [3.05, 3.63) is 51.3 Å². The highest BCUT2D eigenvalue weighted by Crippen LogP contribution is 2.19. The zero-order chi connectivity index (χ0) is 14.5. The van der Waals surface area contributed by atoms with Crippen LogP contribution in [-0.2, 0) is 13.6 Å². The third kappa shape index (κ3) is 3.46. The van der Waals surface area contributed by atoms with Crippen molar-refractivity contribution in [2.45, 2.75) is 19.9 Å². The molecule has 106 valence electrons. The molecule has 20 heavy (non-hydrogen) atoms. The molecule has 0 fully saturated rings. The molecule has 0 saturated heterocycles. The van der Waals surface area contributed by atoms with Gasteiger partial charge in [-0.15, -0.1) is 0 Å². The van der Waals surface area contributed by atoms with Gasteiger partial charge >= 0.3 is 0 Å². The zero-order valence-electron chi connectivity index (χ0n) is 11.7. The third-order valence-corrected chi connectivity index (χ3v) is 3.27. The van der Waals surface area contributed by atoms with Crippen LogP contribution in [0.2, 0.25) is 5.02 Å². The maximum Gasteiger partial charge on any atom is 0.271 e. The van der Waals surface area contributed by atoms with Crippen molar-refractivity contribution >= 4 is 11.6 Å². The molecule has 0 atom stereocenters. The van der Waals surface area contributed by atoms with Crippen molar-refractivity contribution in [2.75, 3.05) is 6.54 Å². The predicted octanol–water partition coefficient (Wildman–Crippen LogP) is 2.60. The van der Waals surface area contributed by atoms with E-state index < -0.39 is 0 Å². The molecule has 0 amide bonds. The Morgan fingerprint density at radius 2 is 2.00 bits per heavy atom. The van der Waals surface area contributed by atoms with E-state index >= 15 is 0 Å². The van der Waals surface area contributed by atoms with Gasteiger partial charge in [0.05, 0.1) is 5.69 Å². The Morgan fingerprint density at radius 3 is 2.65 bits per heavy atom. The van der Waals surface area contributed by atoms with Crippen LogP contribution < -0.4 is 10.9 Å². The van der Waals surface area contributed by atoms with Gasteiger partial charge in [-0.25, -0.2) is 4.68 Å². The van der Waals surface area contributed by atoms with Crippen molar-refractivity contribution in [3.8, 4) is 11.3 Å². The second-order valence-corrected chi connectivity index (χ2v) is 5.10. The van der Waals surface area contributed by atoms with E-state index in [1.807, 2.05) is 30.3 Å². The van der Waals surface area contributed by atoms with Gasteiger partial charge in [-0.05, 0) is 31.2 Å². The van der Waals surface area contributed by atoms with Gasteiger partial charge in [0.1, 0.15) is 0 Å². The lowest BCUT2D eigenvalue weighted by molar-refractivity contribution is 0.643. The molecule has 1 heterocycles. The molecular weight excluding hydrogens is 274 g/mol. The first kappa shape index (κ1) is 14.8. The van der Waals surface area contributed by atoms with Crippen LogP contribution >= 0.6 is 11.6 Å². The maximum atomic E-state index is 12.0. The van der Waals surface area contributed by atoms with Crippen molar-refractivity contribution in [1.29, 1.82) is 0 Å². The number of nitrogens with one attached hydrogen (secondary N) is 1. The molecule has 1 N–H and O–H groups in total. The minimum Gasteiger partial charge on any atom is -0.312 e. The lowest BCUT2D eigenvalue weighted by Gasteiger charge is -2.08. The van der Waals surface area contributed by atoms with Crippen LogP contribution in [0.5, 0.6) is 0 Å². The summed E-state index contributed by atoms with van der Waals surface area (Å²) in [6.45, 7) is 3.54. The lowest BCUT2D eigenvalue weighted by atomic mass is 10.1. The van der Waals surface area contributed by atoms with Gasteiger partial charge in [0.2, 0.25) is 0 Å². The monoisotopic (exact) mass is 291 g/mol. The Hall–Kier alpha value is -1.65. The average molecular weight is 292 g/mol. The molecule has 0 unspecified atom stereocenters. The van der Waals surface area contributed by atoms with Crippen LogP contribution in [0.15, 0.2) is 35.1 Å². The number of aromatic nitrogens is 2. The number of hydrogen-bond donors (Lipinski definition) is 1. The van der Waals surface area contributed by atoms with E-state index in [9.17, 15) is 4.79 Å². The summed E-state index contributed by atoms with van der Waals surface area (Å²) in [6.07, 6.45) is 1.04. The summed E-state index contributed by atoms with van der Waals surface area (Å²) in [5.74, 6) is 0. The zero-order valence-corrected chi connectivity index (χ0v) is 12.4. The van der Waals surface area contributed by atoms with Crippen molar-refractivity contribution in [1.82, 2.24) is 15.1 Å². The summed E-state index contributed by atoms with van der Waals surface area (Å²) in [5.41, 5.74) is 2.38. The molecule has 0 aliphatic heterocycles. The normalized spacial score (nSPS) is 10.8. The Morgan fingerprint density at radius 1 is 1.30 bits per heavy atom. The van der Waals surface area contributed by atoms with Crippen LogP contribution in [0.3, 0.4) is 0 Å². The number of benzene rings is 1. The number of aryl methyl sites for hydroxylation is 1. The third-order valence-electron chi connectivity index (χ3n) is 3.02. The summed E-state index contributed by atoms with van der Waals surface area (Å²) >= 11 is 5.89. The quantitative estimate of drug-likeness (QED) is 0.862. The molecule has 0 saturated carbocycles. The first-order chi connectivity index (χ1) is 9.61. The summed E-state index contributed by atoms with van der Waals surface area (Å²) in [7, 11) is 1.67. The van der Waals surface area contributed by atoms with E-state index in [4.69, 9.17) is 11.6 Å². The first-order valence-electron chi connectivity index (χ1n) is 6.65. The highest BCUT2D eigenvalue weighted by molar-refractivity contribution is 6.30. The SMILES string of the molecule is CCCNCc1cc(-c2ccc(Cl)cc2)nn(C)c1=O. The average Bonchev–Trinajstić information content (AvgIpc) is 2.44. The fraction of sp³-hybridized carbons (Fsp3) is 0.333. The first-order valence-corrected chi connectivity index (χ1v) is 7.03. The lowest BCUT2D eigenvalue weighted by Crippen LogP contribution is -2.27. The molecule has 5 heteroatoms. The van der Waals surface area contributed by atoms with Gasteiger partial charge in [0.15, 0.2) is 0 Å². The summed E-state index contributed by atoms with van der Waals surface area (Å²) < 4.78 is 1.38. The maximum absolute atomic E-state index is 12.0. The molecule has 2 rings (SSSR count). The highest BCUT2D eigenvalue weighted by atomic mass is 35.5.